The van der Waals surface area contributed by atoms with Crippen molar-refractivity contribution in [1.82, 2.24) is 0 Å². The molecule has 40 heavy (non-hydrogen) atoms. The van der Waals surface area contributed by atoms with Crippen molar-refractivity contribution in [1.29, 1.82) is 0 Å². The molecule has 1 unspecified atom stereocenters. The van der Waals surface area contributed by atoms with Crippen LogP contribution in [0.3, 0.4) is 0 Å². The number of fused-ring (bicyclic) bond motifs is 1. The van der Waals surface area contributed by atoms with E-state index in [-0.39, 0.29) is 47.8 Å². The molecule has 0 radical (unpaired) electrons. The number of nitrogens with one attached hydrogen (secondary N) is 1. The Labute approximate surface area is 259 Å². The molecule has 8 nitrogen and oxygen atoms in total. The number of carbonyl (C=O) groups excluding carboxylic acids is 4. The van der Waals surface area contributed by atoms with E-state index < -0.39 is 24.5 Å². The second-order valence-corrected chi connectivity index (χ2v) is 9.89. The van der Waals surface area contributed by atoms with Gasteiger partial charge in [0.05, 0.1) is 12.1 Å². The first-order valence-corrected chi connectivity index (χ1v) is 13.0. The molecule has 1 N–H and O–H groups in total. The molecule has 0 aromatic heterocycles. The summed E-state index contributed by atoms with van der Waals surface area (Å²) >= 11 is 6.25. The molecule has 0 bridgehead atoms. The van der Waals surface area contributed by atoms with Crippen LogP contribution in [0.25, 0.3) is 0 Å². The summed E-state index contributed by atoms with van der Waals surface area (Å²) in [6, 6.07) is 17.5. The maximum atomic E-state index is 13.8. The largest absolute Gasteiger partial charge is 1.00 e. The summed E-state index contributed by atoms with van der Waals surface area (Å²) in [5, 5.41) is 14.0. The van der Waals surface area contributed by atoms with Gasteiger partial charge >= 0.3 is 35.5 Å². The van der Waals surface area contributed by atoms with E-state index in [2.05, 4.69) is 5.32 Å². The summed E-state index contributed by atoms with van der Waals surface area (Å²) in [6.45, 7) is 4.05. The molecular weight excluding hydrogens is 543 g/mol. The summed E-state index contributed by atoms with van der Waals surface area (Å²) in [7, 11) is 0. The number of benzene rings is 3. The van der Waals surface area contributed by atoms with Crippen LogP contribution < -0.4 is 44.9 Å². The van der Waals surface area contributed by atoms with Gasteiger partial charge in [-0.1, -0.05) is 29.8 Å². The zero-order chi connectivity index (χ0) is 28.1. The molecule has 3 aromatic carbocycles. The molecule has 1 aliphatic rings. The number of carboxylic acid groups (broad SMARTS) is 1. The third-order valence-corrected chi connectivity index (χ3v) is 6.87. The number of amides is 2. The number of hydrogen-bond donors (Lipinski definition) is 1. The maximum absolute atomic E-state index is 13.8. The molecule has 0 spiro atoms. The molecule has 3 aromatic rings. The zero-order valence-electron chi connectivity index (χ0n) is 22.7. The van der Waals surface area contributed by atoms with E-state index in [0.717, 1.165) is 5.56 Å². The number of carbonyl (C=O) groups is 4. The Morgan fingerprint density at radius 2 is 1.73 bits per heavy atom. The Morgan fingerprint density at radius 3 is 2.42 bits per heavy atom. The second-order valence-electron chi connectivity index (χ2n) is 9.45. The van der Waals surface area contributed by atoms with Crippen molar-refractivity contribution in [3.63, 3.8) is 0 Å². The summed E-state index contributed by atoms with van der Waals surface area (Å²) < 4.78 is 5.59. The zero-order valence-corrected chi connectivity index (χ0v) is 25.4. The molecule has 2 amide bonds. The van der Waals surface area contributed by atoms with Crippen LogP contribution in [0.2, 0.25) is 5.02 Å². The number of ether oxygens (including phenoxy) is 1. The summed E-state index contributed by atoms with van der Waals surface area (Å²) in [5.74, 6) is -2.46. The average Bonchev–Trinajstić information content (AvgIpc) is 3.06. The fourth-order valence-electron chi connectivity index (χ4n) is 4.65. The van der Waals surface area contributed by atoms with Crippen molar-refractivity contribution < 1.29 is 58.6 Å². The van der Waals surface area contributed by atoms with Crippen molar-refractivity contribution in [3.05, 3.63) is 93.5 Å². The van der Waals surface area contributed by atoms with Crippen molar-refractivity contribution in [2.24, 2.45) is 0 Å². The van der Waals surface area contributed by atoms with Gasteiger partial charge in [-0.25, -0.2) is 0 Å². The van der Waals surface area contributed by atoms with Gasteiger partial charge in [0.1, 0.15) is 6.10 Å². The third kappa shape index (κ3) is 7.52. The van der Waals surface area contributed by atoms with Crippen LogP contribution >= 0.6 is 11.6 Å². The van der Waals surface area contributed by atoms with Gasteiger partial charge < -0.3 is 24.9 Å². The van der Waals surface area contributed by atoms with Crippen molar-refractivity contribution in [3.8, 4) is 0 Å². The van der Waals surface area contributed by atoms with Crippen LogP contribution in [0.5, 0.6) is 0 Å². The van der Waals surface area contributed by atoms with E-state index in [1.165, 1.54) is 0 Å². The number of esters is 1. The number of anilines is 2. The Morgan fingerprint density at radius 1 is 0.975 bits per heavy atom. The molecule has 202 valence electrons. The van der Waals surface area contributed by atoms with Crippen molar-refractivity contribution >= 4 is 46.7 Å². The first-order valence-electron chi connectivity index (χ1n) is 12.6. The van der Waals surface area contributed by atoms with Crippen molar-refractivity contribution in [2.75, 3.05) is 16.8 Å². The monoisotopic (exact) mass is 570 g/mol. The van der Waals surface area contributed by atoms with Gasteiger partial charge in [0.25, 0.3) is 11.8 Å². The van der Waals surface area contributed by atoms with Crippen LogP contribution in [0.4, 0.5) is 11.4 Å². The molecule has 0 saturated heterocycles. The van der Waals surface area contributed by atoms with Gasteiger partial charge in [-0.15, -0.1) is 0 Å². The average molecular weight is 571 g/mol. The maximum Gasteiger partial charge on any atom is 1.00 e. The van der Waals surface area contributed by atoms with E-state index >= 15 is 0 Å². The smallest absolute Gasteiger partial charge is 0.550 e. The first kappa shape index (κ1) is 31.4. The topological polar surface area (TPSA) is 116 Å². The number of aliphatic carboxylic acids is 1. The first-order chi connectivity index (χ1) is 18.6. The Hall–Kier alpha value is -3.17. The van der Waals surface area contributed by atoms with Gasteiger partial charge in [0.2, 0.25) is 0 Å². The number of rotatable bonds is 7. The molecule has 1 atom stereocenters. The second kappa shape index (κ2) is 13.9. The standard InChI is InChI=1S/C30H29ClN2O6.Na/c1-18-6-3-4-7-22(18)29(37)32-21-10-11-23(19(2)16-21)30(38)33-15-5-8-26(39-28(36)14-13-27(34)35)24-17-20(31)9-12-25(24)33;/h3-4,6-7,9-12,16-17,26H,5,8,13-15H2,1-2H3,(H,32,37)(H,34,35);/q;+1/p-1. The van der Waals surface area contributed by atoms with Crippen LogP contribution in [-0.2, 0) is 14.3 Å². The van der Waals surface area contributed by atoms with Gasteiger partial charge in [0.15, 0.2) is 0 Å². The van der Waals surface area contributed by atoms with Gasteiger partial charge in [-0.3, -0.25) is 14.4 Å². The molecule has 10 heteroatoms. The van der Waals surface area contributed by atoms with Crippen LogP contribution in [0.1, 0.15) is 69.2 Å². The van der Waals surface area contributed by atoms with E-state index in [1.807, 2.05) is 19.1 Å². The number of halogens is 1. The fraction of sp³-hybridized carbons (Fsp3) is 0.267. The predicted octanol–water partition coefficient (Wildman–Crippen LogP) is 1.77. The Bertz CT molecular complexity index is 1440. The minimum Gasteiger partial charge on any atom is -0.550 e. The summed E-state index contributed by atoms with van der Waals surface area (Å²) in [6.07, 6.45) is -0.425. The quantitative estimate of drug-likeness (QED) is 0.342. The predicted molar refractivity (Wildman–Crippen MR) is 146 cm³/mol. The minimum absolute atomic E-state index is 0. The van der Waals surface area contributed by atoms with E-state index in [9.17, 15) is 24.3 Å². The molecule has 1 heterocycles. The van der Waals surface area contributed by atoms with E-state index in [1.54, 1.807) is 60.4 Å². The number of nitrogens with zero attached hydrogens (tertiary/aromatic N) is 1. The number of carboxylic acids is 1. The fourth-order valence-corrected chi connectivity index (χ4v) is 4.83. The Balaban J connectivity index is 0.00000441. The van der Waals surface area contributed by atoms with E-state index in [0.29, 0.717) is 58.0 Å². The van der Waals surface area contributed by atoms with Crippen LogP contribution in [0, 0.1) is 13.8 Å². The molecule has 1 aliphatic heterocycles. The Kier molecular flexibility index (Phi) is 10.9. The third-order valence-electron chi connectivity index (χ3n) is 6.63. The normalized spacial score (nSPS) is 14.3. The summed E-state index contributed by atoms with van der Waals surface area (Å²) in [4.78, 5) is 51.1. The molecule has 4 rings (SSSR count). The SMILES string of the molecule is Cc1ccccc1C(=O)Nc1ccc(C(=O)N2CCCC(OC(=O)CCC(=O)[O-])c3cc(Cl)ccc32)c(C)c1.[Na+]. The minimum atomic E-state index is -1.33. The van der Waals surface area contributed by atoms with Crippen molar-refractivity contribution in [2.45, 2.75) is 45.6 Å². The van der Waals surface area contributed by atoms with Crippen LogP contribution in [0.15, 0.2) is 60.7 Å². The van der Waals surface area contributed by atoms with Gasteiger partial charge in [-0.05, 0) is 86.7 Å². The number of aryl methyl sites for hydroxylation is 2. The summed E-state index contributed by atoms with van der Waals surface area (Å²) in [5.41, 5.74) is 4.31. The molecular formula is C30H28ClN2NaO6. The van der Waals surface area contributed by atoms with Gasteiger partial charge in [-0.2, -0.15) is 0 Å². The number of hydrogen-bond acceptors (Lipinski definition) is 6. The van der Waals surface area contributed by atoms with E-state index in [4.69, 9.17) is 16.3 Å². The molecule has 0 aliphatic carbocycles. The van der Waals surface area contributed by atoms with Crippen LogP contribution in [-0.4, -0.2) is 30.3 Å². The van der Waals surface area contributed by atoms with Gasteiger partial charge in [0, 0.05) is 39.9 Å². The molecule has 0 fully saturated rings. The molecule has 0 saturated carbocycles.